The second-order valence-electron chi connectivity index (χ2n) is 6.80. The van der Waals surface area contributed by atoms with Crippen molar-refractivity contribution in [2.24, 2.45) is 0 Å². The van der Waals surface area contributed by atoms with Gasteiger partial charge in [-0.05, 0) is 59.2 Å². The molecule has 31 heavy (non-hydrogen) atoms. The van der Waals surface area contributed by atoms with Crippen LogP contribution in [0.5, 0.6) is 0 Å². The van der Waals surface area contributed by atoms with Crippen LogP contribution in [-0.2, 0) is 18.4 Å². The van der Waals surface area contributed by atoms with Gasteiger partial charge in [0.1, 0.15) is 11.6 Å². The fourth-order valence-electron chi connectivity index (χ4n) is 3.25. The highest BCUT2D eigenvalue weighted by Crippen LogP contribution is 2.63. The number of benzene rings is 2. The third kappa shape index (κ3) is 4.73. The third-order valence-corrected chi connectivity index (χ3v) is 8.15. The average molecular weight is 484 g/mol. The molecule has 5 nitrogen and oxygen atoms in total. The number of hydrogen-bond acceptors (Lipinski definition) is 5. The Morgan fingerprint density at radius 2 is 1.97 bits per heavy atom. The van der Waals surface area contributed by atoms with Crippen LogP contribution in [-0.4, -0.2) is 19.1 Å². The van der Waals surface area contributed by atoms with Gasteiger partial charge in [-0.25, -0.2) is 8.78 Å². The first kappa shape index (κ1) is 22.1. The molecular weight excluding hydrogens is 467 g/mol. The molecule has 0 saturated carbocycles. The lowest BCUT2D eigenvalue weighted by molar-refractivity contribution is -0.120. The van der Waals surface area contributed by atoms with Gasteiger partial charge in [0.15, 0.2) is 5.66 Å². The molecule has 162 valence electrons. The largest absolute Gasteiger partial charge is 0.347 e. The number of hydrogen-bond donors (Lipinski definition) is 1. The number of fused-ring (bicyclic) bond motifs is 1. The van der Waals surface area contributed by atoms with E-state index in [1.54, 1.807) is 17.5 Å². The van der Waals surface area contributed by atoms with Gasteiger partial charge in [0.25, 0.3) is 0 Å². The lowest BCUT2D eigenvalue weighted by Crippen LogP contribution is -2.28. The van der Waals surface area contributed by atoms with E-state index in [0.29, 0.717) is 22.4 Å². The topological polar surface area (TPSA) is 64.6 Å². The summed E-state index contributed by atoms with van der Waals surface area (Å²) in [4.78, 5) is 13.1. The van der Waals surface area contributed by atoms with Crippen molar-refractivity contribution in [3.63, 3.8) is 0 Å². The molecule has 1 fully saturated rings. The molecule has 1 N–H and O–H groups in total. The van der Waals surface area contributed by atoms with Crippen molar-refractivity contribution in [2.45, 2.75) is 12.1 Å². The molecule has 1 atom stereocenters. The molecule has 10 heteroatoms. The van der Waals surface area contributed by atoms with Crippen LogP contribution in [0, 0.1) is 11.6 Å². The summed E-state index contributed by atoms with van der Waals surface area (Å²) in [7, 11) is -3.82. The lowest BCUT2D eigenvalue weighted by Gasteiger charge is -2.29. The lowest BCUT2D eigenvalue weighted by atomic mass is 10.1. The van der Waals surface area contributed by atoms with Gasteiger partial charge in [0.05, 0.1) is 13.2 Å². The van der Waals surface area contributed by atoms with Crippen molar-refractivity contribution in [1.29, 1.82) is 0 Å². The van der Waals surface area contributed by atoms with Crippen molar-refractivity contribution < 1.29 is 27.2 Å². The van der Waals surface area contributed by atoms with Crippen molar-refractivity contribution in [1.82, 2.24) is 5.32 Å². The molecule has 1 unspecified atom stereocenters. The van der Waals surface area contributed by atoms with E-state index in [4.69, 9.17) is 20.6 Å². The Morgan fingerprint density at radius 3 is 2.71 bits per heavy atom. The average Bonchev–Trinajstić information content (AvgIpc) is 3.13. The molecule has 1 aliphatic heterocycles. The number of thiophene rings is 1. The summed E-state index contributed by atoms with van der Waals surface area (Å²) in [6.45, 7) is 0.418. The summed E-state index contributed by atoms with van der Waals surface area (Å²) < 4.78 is 52.2. The maximum Gasteiger partial charge on any atom is 0.347 e. The predicted octanol–water partition coefficient (Wildman–Crippen LogP) is 6.29. The Kier molecular flexibility index (Phi) is 6.55. The number of rotatable bonds is 5. The van der Waals surface area contributed by atoms with Crippen molar-refractivity contribution in [3.05, 3.63) is 75.8 Å². The van der Waals surface area contributed by atoms with Gasteiger partial charge in [-0.3, -0.25) is 9.36 Å². The summed E-state index contributed by atoms with van der Waals surface area (Å²) in [6.07, 6.45) is 3.06. The van der Waals surface area contributed by atoms with Crippen LogP contribution >= 0.6 is 30.5 Å². The summed E-state index contributed by atoms with van der Waals surface area (Å²) >= 11 is 7.51. The molecule has 1 aromatic heterocycles. The molecule has 0 radical (unpaired) electrons. The van der Waals surface area contributed by atoms with E-state index in [-0.39, 0.29) is 18.8 Å². The smallest absolute Gasteiger partial charge is 0.332 e. The van der Waals surface area contributed by atoms with E-state index in [0.717, 1.165) is 16.8 Å². The minimum Gasteiger partial charge on any atom is -0.332 e. The highest BCUT2D eigenvalue weighted by Gasteiger charge is 2.45. The first-order chi connectivity index (χ1) is 14.9. The van der Waals surface area contributed by atoms with E-state index < -0.39 is 30.8 Å². The van der Waals surface area contributed by atoms with Crippen LogP contribution in [0.1, 0.15) is 23.2 Å². The van der Waals surface area contributed by atoms with Gasteiger partial charge in [0.2, 0.25) is 5.91 Å². The molecule has 2 aromatic carbocycles. The molecule has 1 saturated heterocycles. The van der Waals surface area contributed by atoms with Crippen molar-refractivity contribution in [3.8, 4) is 0 Å². The van der Waals surface area contributed by atoms with Crippen LogP contribution in [0.2, 0.25) is 5.02 Å². The number of carbonyl (C=O) groups is 1. The number of nitrogens with one attached hydrogen (secondary N) is 1. The fourth-order valence-corrected chi connectivity index (χ4v) is 6.54. The summed E-state index contributed by atoms with van der Waals surface area (Å²) in [6, 6.07) is 8.34. The first-order valence-electron chi connectivity index (χ1n) is 9.35. The zero-order valence-electron chi connectivity index (χ0n) is 16.0. The molecule has 1 amide bonds. The van der Waals surface area contributed by atoms with Gasteiger partial charge in [-0.1, -0.05) is 11.6 Å². The zero-order valence-corrected chi connectivity index (χ0v) is 18.5. The van der Waals surface area contributed by atoms with Crippen LogP contribution in [0.15, 0.2) is 48.0 Å². The minimum absolute atomic E-state index is 0.0859. The highest BCUT2D eigenvalue weighted by atomic mass is 35.5. The monoisotopic (exact) mass is 483 g/mol. The molecule has 2 heterocycles. The maximum atomic E-state index is 13.8. The summed E-state index contributed by atoms with van der Waals surface area (Å²) in [5.74, 6) is -2.11. The first-order valence-corrected chi connectivity index (χ1v) is 12.2. The van der Waals surface area contributed by atoms with E-state index in [1.807, 2.05) is 6.07 Å². The second-order valence-corrected chi connectivity index (χ2v) is 10.3. The van der Waals surface area contributed by atoms with Gasteiger partial charge in [0, 0.05) is 27.6 Å². The van der Waals surface area contributed by atoms with Crippen molar-refractivity contribution in [2.75, 3.05) is 13.2 Å². The van der Waals surface area contributed by atoms with E-state index in [1.165, 1.54) is 29.7 Å². The van der Waals surface area contributed by atoms with E-state index in [9.17, 15) is 18.1 Å². The summed E-state index contributed by atoms with van der Waals surface area (Å²) in [5.41, 5.74) is -0.669. The number of amides is 1. The molecule has 0 spiro atoms. The molecular formula is C21H17ClF2NO4PS. The summed E-state index contributed by atoms with van der Waals surface area (Å²) in [5, 5.41) is 5.41. The molecule has 4 rings (SSSR count). The Morgan fingerprint density at radius 1 is 1.19 bits per heavy atom. The Bertz CT molecular complexity index is 1210. The van der Waals surface area contributed by atoms with Gasteiger partial charge in [-0.15, -0.1) is 11.3 Å². The molecule has 0 bridgehead atoms. The van der Waals surface area contributed by atoms with Crippen LogP contribution in [0.3, 0.4) is 0 Å². The normalized spacial score (nSPS) is 17.1. The molecule has 0 aliphatic carbocycles. The highest BCUT2D eigenvalue weighted by molar-refractivity contribution is 7.55. The van der Waals surface area contributed by atoms with E-state index >= 15 is 0 Å². The minimum atomic E-state index is -3.82. The van der Waals surface area contributed by atoms with Crippen LogP contribution in [0.4, 0.5) is 8.78 Å². The Hall–Kier alpha value is -2.09. The van der Waals surface area contributed by atoms with Gasteiger partial charge < -0.3 is 14.4 Å². The van der Waals surface area contributed by atoms with Gasteiger partial charge in [-0.2, -0.15) is 0 Å². The Labute approximate surface area is 186 Å². The molecule has 1 aliphatic rings. The quantitative estimate of drug-likeness (QED) is 0.433. The maximum absolute atomic E-state index is 13.8. The standard InChI is InChI=1S/C21H17ClF2NO4PS/c22-14-3-5-19-16(10-14)17(12-31-19)20(30(27)28-8-1-9-29-30)21(26)25-7-6-13-2-4-15(23)11-18(13)24/h2-7,10-12,20H,1,8-9H2,(H,25,26)/b7-6+. The van der Waals surface area contributed by atoms with E-state index in [2.05, 4.69) is 5.32 Å². The van der Waals surface area contributed by atoms with Gasteiger partial charge >= 0.3 is 7.60 Å². The number of carbonyl (C=O) groups excluding carboxylic acids is 1. The second kappa shape index (κ2) is 9.18. The third-order valence-electron chi connectivity index (χ3n) is 4.71. The van der Waals surface area contributed by atoms with Crippen molar-refractivity contribution >= 4 is 52.6 Å². The Balaban J connectivity index is 1.67. The fraction of sp³-hybridized carbons (Fsp3) is 0.190. The molecule has 3 aromatic rings. The van der Waals surface area contributed by atoms with Crippen LogP contribution < -0.4 is 5.32 Å². The zero-order chi connectivity index (χ0) is 22.0. The van der Waals surface area contributed by atoms with Crippen LogP contribution in [0.25, 0.3) is 16.2 Å². The SMILES string of the molecule is O=C(N/C=C/c1ccc(F)cc1F)C(c1csc2ccc(Cl)cc12)P1(=O)OCCCO1. The predicted molar refractivity (Wildman–Crippen MR) is 117 cm³/mol. The number of halogens is 3.